The second-order valence-corrected chi connectivity index (χ2v) is 11.6. The van der Waals surface area contributed by atoms with Crippen LogP contribution in [0.5, 0.6) is 0 Å². The summed E-state index contributed by atoms with van der Waals surface area (Å²) in [5, 5.41) is 0.670. The summed E-state index contributed by atoms with van der Waals surface area (Å²) in [7, 11) is -3.95. The first kappa shape index (κ1) is 24.6. The Hall–Kier alpha value is -3.05. The van der Waals surface area contributed by atoms with E-state index in [1.807, 2.05) is 29.2 Å². The lowest BCUT2D eigenvalue weighted by Crippen LogP contribution is -2.48. The van der Waals surface area contributed by atoms with Crippen molar-refractivity contribution in [3.63, 3.8) is 0 Å². The van der Waals surface area contributed by atoms with E-state index in [0.717, 1.165) is 15.9 Å². The third-order valence-electron chi connectivity index (χ3n) is 5.88. The van der Waals surface area contributed by atoms with Gasteiger partial charge in [0.2, 0.25) is 10.0 Å². The highest BCUT2D eigenvalue weighted by molar-refractivity contribution is 7.89. The molecule has 4 aromatic rings. The minimum Gasteiger partial charge on any atom is -0.455 e. The summed E-state index contributed by atoms with van der Waals surface area (Å²) in [6, 6.07) is 17.8. The standard InChI is InChI=1S/C25H21ClFN3O4S2/c26-20-10-5-17(25(31)34-16-24-28-21-3-1-2-4-22(21)35-24)15-23(20)36(32,33)30-13-11-29(12-14-30)19-8-6-18(27)7-9-19/h1-10,15H,11-14,16H2. The average Bonchev–Trinajstić information content (AvgIpc) is 3.31. The molecule has 186 valence electrons. The van der Waals surface area contributed by atoms with Crippen molar-refractivity contribution in [2.24, 2.45) is 0 Å². The lowest BCUT2D eigenvalue weighted by atomic mass is 10.2. The van der Waals surface area contributed by atoms with E-state index in [0.29, 0.717) is 18.1 Å². The van der Waals surface area contributed by atoms with Gasteiger partial charge >= 0.3 is 5.97 Å². The maximum Gasteiger partial charge on any atom is 0.338 e. The van der Waals surface area contributed by atoms with E-state index < -0.39 is 16.0 Å². The minimum atomic E-state index is -3.95. The van der Waals surface area contributed by atoms with Crippen molar-refractivity contribution in [1.29, 1.82) is 0 Å². The Balaban J connectivity index is 1.27. The summed E-state index contributed by atoms with van der Waals surface area (Å²) in [5.74, 6) is -0.989. The second kappa shape index (κ2) is 10.1. The first-order valence-electron chi connectivity index (χ1n) is 11.1. The molecule has 1 aliphatic rings. The second-order valence-electron chi connectivity index (χ2n) is 8.16. The third-order valence-corrected chi connectivity index (χ3v) is 9.27. The molecule has 1 saturated heterocycles. The van der Waals surface area contributed by atoms with Gasteiger partial charge in [-0.2, -0.15) is 4.31 Å². The molecule has 0 spiro atoms. The molecule has 2 heterocycles. The van der Waals surface area contributed by atoms with Crippen LogP contribution in [0.1, 0.15) is 15.4 Å². The number of para-hydroxylation sites is 1. The fourth-order valence-electron chi connectivity index (χ4n) is 4.00. The summed E-state index contributed by atoms with van der Waals surface area (Å²) in [4.78, 5) is 19.0. The number of benzene rings is 3. The van der Waals surface area contributed by atoms with E-state index in [9.17, 15) is 17.6 Å². The topological polar surface area (TPSA) is 79.8 Å². The number of thiazole rings is 1. The van der Waals surface area contributed by atoms with E-state index in [1.165, 1.54) is 46.0 Å². The molecule has 0 N–H and O–H groups in total. The highest BCUT2D eigenvalue weighted by Crippen LogP contribution is 2.28. The number of hydrogen-bond acceptors (Lipinski definition) is 7. The summed E-state index contributed by atoms with van der Waals surface area (Å²) in [6.07, 6.45) is 0. The summed E-state index contributed by atoms with van der Waals surface area (Å²) in [6.45, 7) is 1.30. The van der Waals surface area contributed by atoms with Gasteiger partial charge in [-0.05, 0) is 54.6 Å². The first-order valence-corrected chi connectivity index (χ1v) is 13.8. The molecule has 1 fully saturated rings. The number of anilines is 1. The van der Waals surface area contributed by atoms with Crippen LogP contribution >= 0.6 is 22.9 Å². The Morgan fingerprint density at radius 3 is 2.47 bits per heavy atom. The Morgan fingerprint density at radius 2 is 1.75 bits per heavy atom. The van der Waals surface area contributed by atoms with Crippen molar-refractivity contribution in [2.45, 2.75) is 11.5 Å². The first-order chi connectivity index (χ1) is 17.3. The van der Waals surface area contributed by atoms with Crippen LogP contribution in [-0.4, -0.2) is 49.9 Å². The van der Waals surface area contributed by atoms with Crippen LogP contribution < -0.4 is 4.90 Å². The number of halogens is 2. The highest BCUT2D eigenvalue weighted by Gasteiger charge is 2.31. The van der Waals surface area contributed by atoms with Crippen LogP contribution in [-0.2, 0) is 21.4 Å². The zero-order valence-corrected chi connectivity index (χ0v) is 21.3. The largest absolute Gasteiger partial charge is 0.455 e. The lowest BCUT2D eigenvalue weighted by molar-refractivity contribution is 0.0472. The van der Waals surface area contributed by atoms with E-state index >= 15 is 0 Å². The number of carbonyl (C=O) groups is 1. The van der Waals surface area contributed by atoms with Gasteiger partial charge in [-0.1, -0.05) is 23.7 Å². The van der Waals surface area contributed by atoms with Gasteiger partial charge in [0.1, 0.15) is 22.3 Å². The van der Waals surface area contributed by atoms with Crippen LogP contribution in [0.3, 0.4) is 0 Å². The van der Waals surface area contributed by atoms with Crippen LogP contribution in [0, 0.1) is 5.82 Å². The molecule has 3 aromatic carbocycles. The van der Waals surface area contributed by atoms with Gasteiger partial charge in [-0.3, -0.25) is 0 Å². The molecule has 0 amide bonds. The molecule has 0 atom stereocenters. The summed E-state index contributed by atoms with van der Waals surface area (Å²) >= 11 is 7.68. The van der Waals surface area contributed by atoms with Crippen molar-refractivity contribution in [2.75, 3.05) is 31.1 Å². The molecule has 1 aromatic heterocycles. The zero-order chi connectivity index (χ0) is 25.3. The van der Waals surface area contributed by atoms with Gasteiger partial charge in [-0.15, -0.1) is 11.3 Å². The minimum absolute atomic E-state index is 0.0196. The van der Waals surface area contributed by atoms with Gasteiger partial charge in [0, 0.05) is 31.9 Å². The molecule has 5 rings (SSSR count). The quantitative estimate of drug-likeness (QED) is 0.319. The Bertz CT molecular complexity index is 1490. The van der Waals surface area contributed by atoms with E-state index in [4.69, 9.17) is 16.3 Å². The van der Waals surface area contributed by atoms with Crippen molar-refractivity contribution in [3.05, 3.63) is 88.1 Å². The van der Waals surface area contributed by atoms with Crippen molar-refractivity contribution >= 4 is 54.8 Å². The summed E-state index contributed by atoms with van der Waals surface area (Å²) < 4.78 is 47.7. The van der Waals surface area contributed by atoms with Crippen LogP contribution in [0.2, 0.25) is 5.02 Å². The van der Waals surface area contributed by atoms with Crippen LogP contribution in [0.4, 0.5) is 10.1 Å². The fraction of sp³-hybridized carbons (Fsp3) is 0.200. The number of hydrogen-bond donors (Lipinski definition) is 0. The SMILES string of the molecule is O=C(OCc1nc2ccccc2s1)c1ccc(Cl)c(S(=O)(=O)N2CCN(c3ccc(F)cc3)CC2)c1. The number of aromatic nitrogens is 1. The molecule has 7 nitrogen and oxygen atoms in total. The number of ether oxygens (including phenoxy) is 1. The number of sulfonamides is 1. The van der Waals surface area contributed by atoms with Crippen molar-refractivity contribution in [3.8, 4) is 0 Å². The van der Waals surface area contributed by atoms with Gasteiger partial charge in [0.05, 0.1) is 20.8 Å². The maximum absolute atomic E-state index is 13.4. The monoisotopic (exact) mass is 545 g/mol. The third kappa shape index (κ3) is 5.08. The number of fused-ring (bicyclic) bond motifs is 1. The number of piperazine rings is 1. The Morgan fingerprint density at radius 1 is 1.03 bits per heavy atom. The summed E-state index contributed by atoms with van der Waals surface area (Å²) in [5.41, 5.74) is 1.74. The predicted octanol–water partition coefficient (Wildman–Crippen LogP) is 4.96. The highest BCUT2D eigenvalue weighted by atomic mass is 35.5. The van der Waals surface area contributed by atoms with Crippen LogP contribution in [0.25, 0.3) is 10.2 Å². The Kier molecular flexibility index (Phi) is 6.94. The lowest BCUT2D eigenvalue weighted by Gasteiger charge is -2.35. The van der Waals surface area contributed by atoms with E-state index in [1.54, 1.807) is 12.1 Å². The number of carbonyl (C=O) groups excluding carboxylic acids is 1. The smallest absolute Gasteiger partial charge is 0.338 e. The van der Waals surface area contributed by atoms with Gasteiger partial charge in [0.25, 0.3) is 0 Å². The molecule has 0 radical (unpaired) electrons. The molecular formula is C25H21ClFN3O4S2. The van der Waals surface area contributed by atoms with Gasteiger partial charge in [-0.25, -0.2) is 22.6 Å². The van der Waals surface area contributed by atoms with Crippen molar-refractivity contribution < 1.29 is 22.3 Å². The molecule has 0 saturated carbocycles. The van der Waals surface area contributed by atoms with Gasteiger partial charge in [0.15, 0.2) is 0 Å². The Labute approximate surface area is 216 Å². The molecule has 0 aliphatic carbocycles. The molecule has 11 heteroatoms. The maximum atomic E-state index is 13.4. The predicted molar refractivity (Wildman–Crippen MR) is 138 cm³/mol. The molecule has 36 heavy (non-hydrogen) atoms. The average molecular weight is 546 g/mol. The number of rotatable bonds is 6. The van der Waals surface area contributed by atoms with E-state index in [-0.39, 0.29) is 41.0 Å². The van der Waals surface area contributed by atoms with Gasteiger partial charge < -0.3 is 9.64 Å². The number of esters is 1. The zero-order valence-electron chi connectivity index (χ0n) is 18.9. The van der Waals surface area contributed by atoms with Crippen molar-refractivity contribution in [1.82, 2.24) is 9.29 Å². The molecule has 0 bridgehead atoms. The van der Waals surface area contributed by atoms with E-state index in [2.05, 4.69) is 4.98 Å². The number of nitrogens with zero attached hydrogens (tertiary/aromatic N) is 3. The molecule has 1 aliphatic heterocycles. The van der Waals surface area contributed by atoms with Crippen LogP contribution in [0.15, 0.2) is 71.6 Å². The molecular weight excluding hydrogens is 525 g/mol. The normalized spacial score (nSPS) is 14.8. The molecule has 0 unspecified atom stereocenters. The fourth-order valence-corrected chi connectivity index (χ4v) is 6.80.